The van der Waals surface area contributed by atoms with Crippen molar-refractivity contribution in [3.05, 3.63) is 265 Å². The van der Waals surface area contributed by atoms with Crippen LogP contribution >= 0.6 is 0 Å². The van der Waals surface area contributed by atoms with E-state index in [1.54, 1.807) is 0 Å². The Morgan fingerprint density at radius 3 is 1.77 bits per heavy atom. The maximum atomic E-state index is 7.17. The second-order valence-electron chi connectivity index (χ2n) is 20.4. The van der Waals surface area contributed by atoms with Gasteiger partial charge in [-0.3, -0.25) is 0 Å². The predicted octanol–water partition coefficient (Wildman–Crippen LogP) is 19.2. The molecule has 77 heavy (non-hydrogen) atoms. The molecule has 0 bridgehead atoms. The van der Waals surface area contributed by atoms with E-state index in [9.17, 15) is 0 Å². The third-order valence-corrected chi connectivity index (χ3v) is 15.9. The summed E-state index contributed by atoms with van der Waals surface area (Å²) in [4.78, 5) is 15.5. The van der Waals surface area contributed by atoms with E-state index >= 15 is 0 Å². The van der Waals surface area contributed by atoms with Crippen LogP contribution < -0.4 is 0 Å². The van der Waals surface area contributed by atoms with Crippen LogP contribution in [0.1, 0.15) is 47.7 Å². The molecule has 13 aromatic rings. The zero-order valence-electron chi connectivity index (χ0n) is 42.2. The maximum absolute atomic E-state index is 7.17. The number of aryl methyl sites for hydroxylation is 1. The quantitative estimate of drug-likeness (QED) is 0.152. The molecule has 0 saturated heterocycles. The van der Waals surface area contributed by atoms with Gasteiger partial charge in [0.05, 0.1) is 5.56 Å². The number of rotatable bonds is 8. The van der Waals surface area contributed by atoms with Crippen LogP contribution in [0.25, 0.3) is 128 Å². The second-order valence-corrected chi connectivity index (χ2v) is 20.4. The molecule has 0 amide bonds. The molecule has 0 aliphatic heterocycles. The van der Waals surface area contributed by atoms with Crippen molar-refractivity contribution in [3.8, 4) is 78.4 Å². The average molecular weight is 988 g/mol. The first-order valence-corrected chi connectivity index (χ1v) is 26.7. The fraction of sp³-hybridized carbons (Fsp3) is 0.0694. The van der Waals surface area contributed by atoms with E-state index in [1.165, 1.54) is 44.5 Å². The Morgan fingerprint density at radius 2 is 0.961 bits per heavy atom. The molecule has 15 rings (SSSR count). The summed E-state index contributed by atoms with van der Waals surface area (Å²) in [6.45, 7) is 0. The Balaban J connectivity index is 0.870. The molecular weight excluding hydrogens is 939 g/mol. The van der Waals surface area contributed by atoms with E-state index in [2.05, 4.69) is 237 Å². The summed E-state index contributed by atoms with van der Waals surface area (Å²) < 4.78 is 13.9. The smallest absolute Gasteiger partial charge is 0.167 e. The molecule has 2 aliphatic rings. The molecule has 0 saturated carbocycles. The lowest BCUT2D eigenvalue weighted by molar-refractivity contribution is 0.665. The van der Waals surface area contributed by atoms with Gasteiger partial charge in [-0.2, -0.15) is 0 Å². The van der Waals surface area contributed by atoms with Crippen LogP contribution in [-0.4, -0.2) is 15.0 Å². The Bertz CT molecular complexity index is 4510. The molecule has 1 unspecified atom stereocenters. The van der Waals surface area contributed by atoms with Crippen LogP contribution in [0.4, 0.5) is 0 Å². The fourth-order valence-electron chi connectivity index (χ4n) is 12.1. The number of aromatic nitrogens is 3. The van der Waals surface area contributed by atoms with Crippen LogP contribution in [-0.2, 0) is 6.42 Å². The molecule has 10 aromatic carbocycles. The van der Waals surface area contributed by atoms with Crippen LogP contribution in [0, 0.1) is 0 Å². The molecule has 3 aromatic heterocycles. The van der Waals surface area contributed by atoms with Crippen molar-refractivity contribution in [2.24, 2.45) is 0 Å². The van der Waals surface area contributed by atoms with Gasteiger partial charge in [0.25, 0.3) is 0 Å². The molecule has 0 fully saturated rings. The van der Waals surface area contributed by atoms with E-state index in [0.29, 0.717) is 17.5 Å². The van der Waals surface area contributed by atoms with Gasteiger partial charge in [0.2, 0.25) is 0 Å². The van der Waals surface area contributed by atoms with Gasteiger partial charge in [-0.05, 0) is 134 Å². The Morgan fingerprint density at radius 1 is 0.351 bits per heavy atom. The molecule has 1 atom stereocenters. The van der Waals surface area contributed by atoms with Gasteiger partial charge in [0.1, 0.15) is 22.3 Å². The van der Waals surface area contributed by atoms with Gasteiger partial charge in [-0.25, -0.2) is 15.0 Å². The number of para-hydroxylation sites is 3. The van der Waals surface area contributed by atoms with Gasteiger partial charge in [0.15, 0.2) is 17.5 Å². The Labute approximate surface area is 446 Å². The highest BCUT2D eigenvalue weighted by atomic mass is 16.3. The van der Waals surface area contributed by atoms with E-state index in [-0.39, 0.29) is 5.92 Å². The van der Waals surface area contributed by atoms with Gasteiger partial charge in [-0.15, -0.1) is 0 Å². The molecule has 0 spiro atoms. The molecule has 0 radical (unpaired) electrons. The minimum Gasteiger partial charge on any atom is -0.456 e. The zero-order chi connectivity index (χ0) is 50.8. The highest BCUT2D eigenvalue weighted by Gasteiger charge is 2.28. The monoisotopic (exact) mass is 987 g/mol. The number of benzene rings is 10. The molecule has 2 aliphatic carbocycles. The second kappa shape index (κ2) is 18.6. The number of hydrogen-bond donors (Lipinski definition) is 0. The minimum absolute atomic E-state index is 0.0895. The molecular formula is C72H49N3O2. The van der Waals surface area contributed by atoms with Crippen molar-refractivity contribution < 1.29 is 8.83 Å². The SMILES string of the molecule is C1=CCCC(c2nc(-c3ccc(-c4ccccc4)cc3)nc(-c3cccc4c3oc3c(-c5cccc(-c6cc7c(cc6C6CCc8ccccc8-c8cc(-c9ccccc9)ccc86)oc6ccccc67)c5)cccc34)n2)=C1. The van der Waals surface area contributed by atoms with Crippen molar-refractivity contribution >= 4 is 49.5 Å². The van der Waals surface area contributed by atoms with Crippen molar-refractivity contribution in [2.45, 2.75) is 31.6 Å². The van der Waals surface area contributed by atoms with Gasteiger partial charge >= 0.3 is 0 Å². The Kier molecular flexibility index (Phi) is 10.8. The van der Waals surface area contributed by atoms with Gasteiger partial charge < -0.3 is 8.83 Å². The number of nitrogens with zero attached hydrogens (tertiary/aromatic N) is 3. The number of furan rings is 2. The van der Waals surface area contributed by atoms with E-state index < -0.39 is 0 Å². The summed E-state index contributed by atoms with van der Waals surface area (Å²) in [6.07, 6.45) is 10.1. The first-order chi connectivity index (χ1) is 38.1. The lowest BCUT2D eigenvalue weighted by Gasteiger charge is -2.23. The van der Waals surface area contributed by atoms with E-state index in [0.717, 1.165) is 114 Å². The molecule has 0 N–H and O–H groups in total. The lowest BCUT2D eigenvalue weighted by atomic mass is 9.80. The third kappa shape index (κ3) is 7.90. The van der Waals surface area contributed by atoms with Crippen molar-refractivity contribution in [3.63, 3.8) is 0 Å². The summed E-state index contributed by atoms with van der Waals surface area (Å²) in [5, 5.41) is 4.26. The van der Waals surface area contributed by atoms with Crippen LogP contribution in [0.3, 0.4) is 0 Å². The van der Waals surface area contributed by atoms with E-state index in [4.69, 9.17) is 23.8 Å². The first-order valence-electron chi connectivity index (χ1n) is 26.7. The molecule has 3 heterocycles. The summed E-state index contributed by atoms with van der Waals surface area (Å²) in [5.74, 6) is 1.98. The summed E-state index contributed by atoms with van der Waals surface area (Å²) in [5.41, 5.74) is 21.9. The van der Waals surface area contributed by atoms with Crippen molar-refractivity contribution in [2.75, 3.05) is 0 Å². The first kappa shape index (κ1) is 44.7. The average Bonchev–Trinajstić information content (AvgIpc) is 4.20. The predicted molar refractivity (Wildman–Crippen MR) is 315 cm³/mol. The zero-order valence-corrected chi connectivity index (χ0v) is 42.2. The minimum atomic E-state index is 0.0895. The van der Waals surface area contributed by atoms with Crippen LogP contribution in [0.15, 0.2) is 252 Å². The normalized spacial score (nSPS) is 14.2. The highest BCUT2D eigenvalue weighted by molar-refractivity contribution is 6.13. The molecule has 5 nitrogen and oxygen atoms in total. The summed E-state index contributed by atoms with van der Waals surface area (Å²) >= 11 is 0. The number of allylic oxidation sites excluding steroid dienone is 4. The topological polar surface area (TPSA) is 65.0 Å². The van der Waals surface area contributed by atoms with Crippen molar-refractivity contribution in [1.29, 1.82) is 0 Å². The van der Waals surface area contributed by atoms with E-state index in [1.807, 2.05) is 6.07 Å². The highest BCUT2D eigenvalue weighted by Crippen LogP contribution is 2.48. The summed E-state index contributed by atoms with van der Waals surface area (Å²) in [6, 6.07) is 80.7. The third-order valence-electron chi connectivity index (χ3n) is 15.9. The standard InChI is InChI=1S/C72H49N3O2/c1-4-17-45(18-5-1)47-33-35-50(36-34-47)71-73-70(49-22-8-3-9-23-49)74-72(75-71)61-31-16-30-60-59-29-15-28-55(68(59)77-69(60)61)52-24-14-25-53(41-52)62-43-65-58-27-12-13-32-66(58)76-67(65)44-64(62)57-39-37-48-21-10-11-26-54(48)63-42-51(38-40-56(57)63)46-19-6-2-7-20-46/h1-8,10-22,24-36,38,40-44,57H,9,23,37,39H2. The van der Waals surface area contributed by atoms with Crippen molar-refractivity contribution in [1.82, 2.24) is 15.0 Å². The number of hydrogen-bond acceptors (Lipinski definition) is 5. The largest absolute Gasteiger partial charge is 0.456 e. The number of fused-ring (bicyclic) bond motifs is 9. The van der Waals surface area contributed by atoms with Crippen LogP contribution in [0.2, 0.25) is 0 Å². The fourth-order valence-corrected chi connectivity index (χ4v) is 12.1. The summed E-state index contributed by atoms with van der Waals surface area (Å²) in [7, 11) is 0. The van der Waals surface area contributed by atoms with Crippen LogP contribution in [0.5, 0.6) is 0 Å². The Hall–Kier alpha value is -9.71. The molecule has 5 heteroatoms. The maximum Gasteiger partial charge on any atom is 0.167 e. The molecule has 364 valence electrons. The van der Waals surface area contributed by atoms with Gasteiger partial charge in [-0.1, -0.05) is 206 Å². The van der Waals surface area contributed by atoms with Gasteiger partial charge in [0, 0.05) is 38.6 Å². The lowest BCUT2D eigenvalue weighted by Crippen LogP contribution is -2.05.